The molecular weight excluding hydrogens is 527 g/mol. The SMILES string of the molecule is CS(=O)(=O)c1cc(N2CCN(C[C@H]3CC[C@@H](C(F)(F)F)CC3)[C@@H](c3ccccc3Cl)C2)ccc1C(N)=O. The first-order chi connectivity index (χ1) is 17.3. The summed E-state index contributed by atoms with van der Waals surface area (Å²) in [5, 5.41) is 0.598. The molecule has 11 heteroatoms. The van der Waals surface area contributed by atoms with E-state index in [1.54, 1.807) is 6.07 Å². The predicted molar refractivity (Wildman–Crippen MR) is 138 cm³/mol. The van der Waals surface area contributed by atoms with Crippen LogP contribution in [0.25, 0.3) is 0 Å². The molecule has 0 bridgehead atoms. The van der Waals surface area contributed by atoms with E-state index in [1.807, 2.05) is 29.2 Å². The van der Waals surface area contributed by atoms with Crippen molar-refractivity contribution in [1.82, 2.24) is 4.90 Å². The number of carbonyl (C=O) groups is 1. The van der Waals surface area contributed by atoms with E-state index in [0.717, 1.165) is 11.8 Å². The molecule has 6 nitrogen and oxygen atoms in total. The maximum atomic E-state index is 13.1. The fourth-order valence-corrected chi connectivity index (χ4v) is 6.70. The van der Waals surface area contributed by atoms with Gasteiger partial charge >= 0.3 is 6.18 Å². The first kappa shape index (κ1) is 27.7. The van der Waals surface area contributed by atoms with Gasteiger partial charge in [-0.1, -0.05) is 29.8 Å². The van der Waals surface area contributed by atoms with E-state index in [0.29, 0.717) is 49.7 Å². The number of primary amides is 1. The number of carbonyl (C=O) groups excluding carboxylic acids is 1. The highest BCUT2D eigenvalue weighted by atomic mass is 35.5. The van der Waals surface area contributed by atoms with Gasteiger partial charge in [0.05, 0.1) is 22.4 Å². The van der Waals surface area contributed by atoms with E-state index in [4.69, 9.17) is 17.3 Å². The van der Waals surface area contributed by atoms with Gasteiger partial charge in [-0.2, -0.15) is 13.2 Å². The second-order valence-electron chi connectivity index (χ2n) is 10.1. The monoisotopic (exact) mass is 557 g/mol. The Hall–Kier alpha value is -2.30. The summed E-state index contributed by atoms with van der Waals surface area (Å²) >= 11 is 6.57. The quantitative estimate of drug-likeness (QED) is 0.536. The number of nitrogens with two attached hydrogens (primary N) is 1. The highest BCUT2D eigenvalue weighted by molar-refractivity contribution is 7.90. The zero-order valence-corrected chi connectivity index (χ0v) is 22.1. The molecule has 37 heavy (non-hydrogen) atoms. The van der Waals surface area contributed by atoms with Crippen molar-refractivity contribution in [1.29, 1.82) is 0 Å². The van der Waals surface area contributed by atoms with Crippen LogP contribution in [0.1, 0.15) is 47.6 Å². The van der Waals surface area contributed by atoms with Crippen molar-refractivity contribution >= 4 is 33.0 Å². The van der Waals surface area contributed by atoms with Crippen LogP contribution in [0, 0.1) is 11.8 Å². The van der Waals surface area contributed by atoms with Crippen LogP contribution in [-0.2, 0) is 9.84 Å². The molecule has 1 atom stereocenters. The van der Waals surface area contributed by atoms with Gasteiger partial charge in [-0.15, -0.1) is 0 Å². The summed E-state index contributed by atoms with van der Waals surface area (Å²) in [6, 6.07) is 12.0. The van der Waals surface area contributed by atoms with Gasteiger partial charge in [-0.3, -0.25) is 9.69 Å². The Balaban J connectivity index is 1.58. The first-order valence-electron chi connectivity index (χ1n) is 12.3. The number of alkyl halides is 3. The second kappa shape index (κ2) is 10.8. The minimum atomic E-state index is -4.13. The predicted octanol–water partition coefficient (Wildman–Crippen LogP) is 5.07. The summed E-state index contributed by atoms with van der Waals surface area (Å²) in [6.07, 6.45) is -1.71. The molecule has 202 valence electrons. The largest absolute Gasteiger partial charge is 0.391 e. The van der Waals surface area contributed by atoms with Gasteiger partial charge in [-0.05, 0) is 61.4 Å². The average Bonchev–Trinajstić information content (AvgIpc) is 2.83. The van der Waals surface area contributed by atoms with Crippen LogP contribution in [-0.4, -0.2) is 57.8 Å². The lowest BCUT2D eigenvalue weighted by atomic mass is 9.81. The lowest BCUT2D eigenvalue weighted by molar-refractivity contribution is -0.184. The number of nitrogens with zero attached hydrogens (tertiary/aromatic N) is 2. The van der Waals surface area contributed by atoms with Crippen molar-refractivity contribution in [3.8, 4) is 0 Å². The van der Waals surface area contributed by atoms with Crippen LogP contribution in [0.15, 0.2) is 47.4 Å². The van der Waals surface area contributed by atoms with Gasteiger partial charge in [-0.25, -0.2) is 8.42 Å². The fraction of sp³-hybridized carbons (Fsp3) is 0.500. The van der Waals surface area contributed by atoms with Crippen molar-refractivity contribution in [3.05, 3.63) is 58.6 Å². The Morgan fingerprint density at radius 1 is 1.08 bits per heavy atom. The Morgan fingerprint density at radius 3 is 2.35 bits per heavy atom. The van der Waals surface area contributed by atoms with E-state index in [-0.39, 0.29) is 35.3 Å². The zero-order chi connectivity index (χ0) is 27.0. The van der Waals surface area contributed by atoms with Crippen LogP contribution in [0.3, 0.4) is 0 Å². The molecule has 2 aromatic rings. The van der Waals surface area contributed by atoms with Crippen molar-refractivity contribution < 1.29 is 26.4 Å². The summed E-state index contributed by atoms with van der Waals surface area (Å²) in [6.45, 7) is 2.38. The third-order valence-electron chi connectivity index (χ3n) is 7.55. The highest BCUT2D eigenvalue weighted by Gasteiger charge is 2.42. The number of piperazine rings is 1. The van der Waals surface area contributed by atoms with Crippen LogP contribution in [0.4, 0.5) is 18.9 Å². The van der Waals surface area contributed by atoms with E-state index < -0.39 is 27.8 Å². The molecule has 2 N–H and O–H groups in total. The highest BCUT2D eigenvalue weighted by Crippen LogP contribution is 2.41. The third-order valence-corrected chi connectivity index (χ3v) is 9.03. The summed E-state index contributed by atoms with van der Waals surface area (Å²) in [5.74, 6) is -1.86. The van der Waals surface area contributed by atoms with E-state index in [2.05, 4.69) is 4.90 Å². The van der Waals surface area contributed by atoms with Crippen LogP contribution >= 0.6 is 11.6 Å². The molecule has 0 unspecified atom stereocenters. The Bertz CT molecular complexity index is 1250. The van der Waals surface area contributed by atoms with Gasteiger partial charge < -0.3 is 10.6 Å². The standard InChI is InChI=1S/C26H31ClF3N3O3S/c1-37(35,36)24-14-19(10-11-21(24)25(31)34)32-12-13-33(23(16-32)20-4-2-3-5-22(20)27)15-17-6-8-18(9-7-17)26(28,29)30/h2-5,10-11,14,17-18,23H,6-9,12-13,15-16H2,1H3,(H2,31,34)/t17-,18+,23-/m1/s1. The molecule has 0 radical (unpaired) electrons. The number of amides is 1. The van der Waals surface area contributed by atoms with Crippen molar-refractivity contribution in [3.63, 3.8) is 0 Å². The molecule has 2 fully saturated rings. The second-order valence-corrected chi connectivity index (χ2v) is 12.4. The van der Waals surface area contributed by atoms with Crippen molar-refractivity contribution in [2.24, 2.45) is 17.6 Å². The Labute approximate surface area is 220 Å². The van der Waals surface area contributed by atoms with Gasteiger partial charge in [0.1, 0.15) is 0 Å². The number of rotatable bonds is 6. The molecule has 1 aliphatic carbocycles. The maximum Gasteiger partial charge on any atom is 0.391 e. The fourth-order valence-electron chi connectivity index (χ4n) is 5.54. The Kier molecular flexibility index (Phi) is 8.11. The average molecular weight is 558 g/mol. The normalized spacial score (nSPS) is 23.7. The number of anilines is 1. The minimum Gasteiger partial charge on any atom is -0.368 e. The van der Waals surface area contributed by atoms with Crippen molar-refractivity contribution in [2.75, 3.05) is 37.3 Å². The number of halogens is 4. The van der Waals surface area contributed by atoms with E-state index >= 15 is 0 Å². The van der Waals surface area contributed by atoms with Crippen LogP contribution in [0.5, 0.6) is 0 Å². The molecule has 1 saturated heterocycles. The third kappa shape index (κ3) is 6.41. The zero-order valence-electron chi connectivity index (χ0n) is 20.5. The van der Waals surface area contributed by atoms with Gasteiger partial charge in [0, 0.05) is 43.1 Å². The summed E-state index contributed by atoms with van der Waals surface area (Å²) < 4.78 is 64.1. The molecule has 2 aromatic carbocycles. The lowest BCUT2D eigenvalue weighted by Crippen LogP contribution is -2.50. The minimum absolute atomic E-state index is 0.0537. The maximum absolute atomic E-state index is 13.1. The van der Waals surface area contributed by atoms with E-state index in [1.165, 1.54) is 12.1 Å². The molecule has 1 heterocycles. The molecular formula is C26H31ClF3N3O3S. The lowest BCUT2D eigenvalue weighted by Gasteiger charge is -2.45. The van der Waals surface area contributed by atoms with Gasteiger partial charge in [0.2, 0.25) is 5.91 Å². The molecule has 0 aromatic heterocycles. The molecule has 1 amide bonds. The molecule has 0 spiro atoms. The van der Waals surface area contributed by atoms with Crippen molar-refractivity contribution in [2.45, 2.75) is 42.8 Å². The molecule has 1 aliphatic heterocycles. The number of hydrogen-bond acceptors (Lipinski definition) is 5. The van der Waals surface area contributed by atoms with E-state index in [9.17, 15) is 26.4 Å². The van der Waals surface area contributed by atoms with Gasteiger partial charge in [0.15, 0.2) is 9.84 Å². The Morgan fingerprint density at radius 2 is 1.76 bits per heavy atom. The molecule has 2 aliphatic rings. The number of sulfone groups is 1. The number of benzene rings is 2. The van der Waals surface area contributed by atoms with Gasteiger partial charge in [0.25, 0.3) is 0 Å². The summed E-state index contributed by atoms with van der Waals surface area (Å²) in [4.78, 5) is 16.0. The van der Waals surface area contributed by atoms with Crippen LogP contribution in [0.2, 0.25) is 5.02 Å². The molecule has 4 rings (SSSR count). The number of hydrogen-bond donors (Lipinski definition) is 1. The summed E-state index contributed by atoms with van der Waals surface area (Å²) in [7, 11) is -3.70. The van der Waals surface area contributed by atoms with Crippen LogP contribution < -0.4 is 10.6 Å². The smallest absolute Gasteiger partial charge is 0.368 e. The first-order valence-corrected chi connectivity index (χ1v) is 14.6. The molecule has 1 saturated carbocycles. The summed E-state index contributed by atoms with van der Waals surface area (Å²) in [5.41, 5.74) is 6.90. The topological polar surface area (TPSA) is 83.7 Å².